The van der Waals surface area contributed by atoms with Crippen LogP contribution in [-0.4, -0.2) is 27.2 Å². The Morgan fingerprint density at radius 2 is 1.67 bits per heavy atom. The Labute approximate surface area is 165 Å². The van der Waals surface area contributed by atoms with Crippen LogP contribution >= 0.6 is 0 Å². The highest BCUT2D eigenvalue weighted by Gasteiger charge is 2.65. The number of aliphatic hydroxyl groups is 3. The van der Waals surface area contributed by atoms with E-state index in [4.69, 9.17) is 0 Å². The molecule has 0 aliphatic heterocycles. The molecule has 4 aliphatic carbocycles. The molecular formula is C24H42O3. The molecule has 4 rings (SSSR count). The summed E-state index contributed by atoms with van der Waals surface area (Å²) >= 11 is 0. The van der Waals surface area contributed by atoms with Crippen molar-refractivity contribution < 1.29 is 15.3 Å². The highest BCUT2D eigenvalue weighted by Crippen LogP contribution is 2.68. The van der Waals surface area contributed by atoms with E-state index in [1.807, 2.05) is 0 Å². The molecule has 4 saturated carbocycles. The van der Waals surface area contributed by atoms with Gasteiger partial charge < -0.3 is 15.3 Å². The van der Waals surface area contributed by atoms with Crippen molar-refractivity contribution in [3.05, 3.63) is 0 Å². The van der Waals surface area contributed by atoms with E-state index in [1.54, 1.807) is 0 Å². The molecule has 4 aliphatic rings. The Balaban J connectivity index is 1.62. The van der Waals surface area contributed by atoms with Gasteiger partial charge in [-0.15, -0.1) is 0 Å². The van der Waals surface area contributed by atoms with E-state index in [2.05, 4.69) is 27.7 Å². The average molecular weight is 379 g/mol. The molecule has 0 heterocycles. The second-order valence-electron chi connectivity index (χ2n) is 11.3. The number of fused-ring (bicyclic) bond motifs is 5. The fourth-order valence-electron chi connectivity index (χ4n) is 9.00. The monoisotopic (exact) mass is 378 g/mol. The fraction of sp³-hybridized carbons (Fsp3) is 1.00. The van der Waals surface area contributed by atoms with Gasteiger partial charge in [-0.3, -0.25) is 0 Å². The van der Waals surface area contributed by atoms with Gasteiger partial charge in [0.1, 0.15) is 6.10 Å². The average Bonchev–Trinajstić information content (AvgIpc) is 2.97. The van der Waals surface area contributed by atoms with E-state index >= 15 is 0 Å². The Morgan fingerprint density at radius 1 is 0.926 bits per heavy atom. The summed E-state index contributed by atoms with van der Waals surface area (Å²) in [6.45, 7) is 9.55. The summed E-state index contributed by atoms with van der Waals surface area (Å²) in [5, 5.41) is 32.0. The summed E-state index contributed by atoms with van der Waals surface area (Å²) in [6.07, 6.45) is 10.4. The summed E-state index contributed by atoms with van der Waals surface area (Å²) in [4.78, 5) is 0. The van der Waals surface area contributed by atoms with Crippen LogP contribution in [0, 0.1) is 46.3 Å². The molecule has 0 saturated heterocycles. The number of hydrogen-bond acceptors (Lipinski definition) is 3. The van der Waals surface area contributed by atoms with E-state index in [0.29, 0.717) is 29.6 Å². The quantitative estimate of drug-likeness (QED) is 0.622. The van der Waals surface area contributed by atoms with Crippen LogP contribution in [0.3, 0.4) is 0 Å². The third-order valence-corrected chi connectivity index (χ3v) is 10.4. The summed E-state index contributed by atoms with van der Waals surface area (Å²) in [6, 6.07) is 0. The minimum Gasteiger partial charge on any atom is -0.387 e. The first-order valence-electron chi connectivity index (χ1n) is 11.8. The zero-order valence-electron chi connectivity index (χ0n) is 18.0. The van der Waals surface area contributed by atoms with Crippen molar-refractivity contribution in [3.63, 3.8) is 0 Å². The Bertz CT molecular complexity index is 560. The molecule has 3 nitrogen and oxygen atoms in total. The van der Waals surface area contributed by atoms with Gasteiger partial charge in [0.15, 0.2) is 5.79 Å². The second kappa shape index (κ2) is 6.71. The lowest BCUT2D eigenvalue weighted by molar-refractivity contribution is -0.308. The standard InChI is InChI=1S/C24H42O3/c1-5-6-15(2)18-9-10-19-17-8-7-16-11-14-24(26,27)21(25)23(16,4)20(17)12-13-22(18,19)3/h15-21,25-27H,5-14H2,1-4H3/t15-,16-,17+,18-,19+,20+,21?,22-,23+/m1/s1. The van der Waals surface area contributed by atoms with Crippen LogP contribution in [0.5, 0.6) is 0 Å². The van der Waals surface area contributed by atoms with Crippen LogP contribution in [0.25, 0.3) is 0 Å². The Kier molecular flexibility index (Phi) is 5.01. The normalized spacial score (nSPS) is 52.6. The van der Waals surface area contributed by atoms with Crippen LogP contribution in [0.1, 0.15) is 91.9 Å². The first-order chi connectivity index (χ1) is 12.7. The molecule has 4 fully saturated rings. The predicted molar refractivity (Wildman–Crippen MR) is 108 cm³/mol. The van der Waals surface area contributed by atoms with Crippen molar-refractivity contribution in [3.8, 4) is 0 Å². The molecule has 0 bridgehead atoms. The van der Waals surface area contributed by atoms with Gasteiger partial charge in [-0.05, 0) is 85.9 Å². The third-order valence-electron chi connectivity index (χ3n) is 10.4. The summed E-state index contributed by atoms with van der Waals surface area (Å²) < 4.78 is 0. The molecule has 0 aromatic carbocycles. The van der Waals surface area contributed by atoms with E-state index in [0.717, 1.165) is 37.0 Å². The third kappa shape index (κ3) is 2.78. The zero-order chi connectivity index (χ0) is 19.6. The van der Waals surface area contributed by atoms with Crippen molar-refractivity contribution >= 4 is 0 Å². The smallest absolute Gasteiger partial charge is 0.189 e. The highest BCUT2D eigenvalue weighted by atomic mass is 16.5. The minimum atomic E-state index is -1.90. The Morgan fingerprint density at radius 3 is 2.37 bits per heavy atom. The van der Waals surface area contributed by atoms with E-state index in [9.17, 15) is 15.3 Å². The first kappa shape index (κ1) is 20.2. The highest BCUT2D eigenvalue weighted by molar-refractivity contribution is 5.12. The number of hydrogen-bond donors (Lipinski definition) is 3. The molecule has 3 N–H and O–H groups in total. The molecule has 1 unspecified atom stereocenters. The van der Waals surface area contributed by atoms with E-state index in [1.165, 1.54) is 38.5 Å². The van der Waals surface area contributed by atoms with Gasteiger partial charge in [-0.1, -0.05) is 40.5 Å². The van der Waals surface area contributed by atoms with Crippen molar-refractivity contribution in [2.75, 3.05) is 0 Å². The molecule has 27 heavy (non-hydrogen) atoms. The summed E-state index contributed by atoms with van der Waals surface area (Å²) in [5.74, 6) is 2.08. The van der Waals surface area contributed by atoms with Gasteiger partial charge in [0, 0.05) is 11.8 Å². The van der Waals surface area contributed by atoms with Gasteiger partial charge in [0.25, 0.3) is 0 Å². The summed E-state index contributed by atoms with van der Waals surface area (Å²) in [5.41, 5.74) is 0.118. The lowest BCUT2D eigenvalue weighted by Gasteiger charge is -2.63. The first-order valence-corrected chi connectivity index (χ1v) is 11.8. The largest absolute Gasteiger partial charge is 0.387 e. The van der Waals surface area contributed by atoms with Crippen LogP contribution in [0.2, 0.25) is 0 Å². The minimum absolute atomic E-state index is 0.323. The SMILES string of the molecule is CCC[C@@H](C)[C@H]1CC[C@H]2[C@@H]3CC[C@@H]4CCC(O)(O)C(O)[C@]4(C)[C@H]3CC[C@]12C. The molecule has 0 spiro atoms. The van der Waals surface area contributed by atoms with E-state index in [-0.39, 0.29) is 5.41 Å². The Hall–Kier alpha value is -0.120. The second-order valence-corrected chi connectivity index (χ2v) is 11.3. The lowest BCUT2D eigenvalue weighted by atomic mass is 9.43. The summed E-state index contributed by atoms with van der Waals surface area (Å²) in [7, 11) is 0. The number of aliphatic hydroxyl groups excluding tert-OH is 1. The topological polar surface area (TPSA) is 60.7 Å². The maximum absolute atomic E-state index is 11.0. The maximum Gasteiger partial charge on any atom is 0.189 e. The van der Waals surface area contributed by atoms with Gasteiger partial charge in [-0.2, -0.15) is 0 Å². The van der Waals surface area contributed by atoms with Crippen molar-refractivity contribution in [2.45, 2.75) is 104 Å². The van der Waals surface area contributed by atoms with Gasteiger partial charge in [0.05, 0.1) is 0 Å². The van der Waals surface area contributed by atoms with Crippen LogP contribution < -0.4 is 0 Å². The molecule has 0 aromatic heterocycles. The molecule has 156 valence electrons. The van der Waals surface area contributed by atoms with Gasteiger partial charge in [-0.25, -0.2) is 0 Å². The van der Waals surface area contributed by atoms with Crippen molar-refractivity contribution in [1.82, 2.24) is 0 Å². The molecule has 0 radical (unpaired) electrons. The van der Waals surface area contributed by atoms with E-state index < -0.39 is 11.9 Å². The van der Waals surface area contributed by atoms with Crippen molar-refractivity contribution in [2.24, 2.45) is 46.3 Å². The number of rotatable bonds is 3. The molecule has 3 heteroatoms. The maximum atomic E-state index is 11.0. The van der Waals surface area contributed by atoms with Crippen molar-refractivity contribution in [1.29, 1.82) is 0 Å². The van der Waals surface area contributed by atoms with Gasteiger partial charge in [0.2, 0.25) is 0 Å². The van der Waals surface area contributed by atoms with Crippen LogP contribution in [-0.2, 0) is 0 Å². The van der Waals surface area contributed by atoms with Gasteiger partial charge >= 0.3 is 0 Å². The zero-order valence-corrected chi connectivity index (χ0v) is 18.0. The molecule has 9 atom stereocenters. The predicted octanol–water partition coefficient (Wildman–Crippen LogP) is 4.73. The molecular weight excluding hydrogens is 336 g/mol. The van der Waals surface area contributed by atoms with Crippen LogP contribution in [0.4, 0.5) is 0 Å². The fourth-order valence-corrected chi connectivity index (χ4v) is 9.00. The van der Waals surface area contributed by atoms with Crippen LogP contribution in [0.15, 0.2) is 0 Å². The molecule has 0 aromatic rings. The lowest BCUT2D eigenvalue weighted by Crippen LogP contribution is -2.65. The molecule has 0 amide bonds.